The number of benzene rings is 2. The highest BCUT2D eigenvalue weighted by Crippen LogP contribution is 2.39. The third-order valence-electron chi connectivity index (χ3n) is 6.23. The summed E-state index contributed by atoms with van der Waals surface area (Å²) in [7, 11) is 0. The highest BCUT2D eigenvalue weighted by molar-refractivity contribution is 6.30. The summed E-state index contributed by atoms with van der Waals surface area (Å²) in [6, 6.07) is 15.1. The molecule has 174 valence electrons. The molecule has 0 unspecified atom stereocenters. The molecule has 6 rings (SSSR count). The van der Waals surface area contributed by atoms with Crippen molar-refractivity contribution in [1.82, 2.24) is 4.98 Å². The zero-order valence-corrected chi connectivity index (χ0v) is 19.1. The minimum atomic E-state index is -0.785. The molecule has 34 heavy (non-hydrogen) atoms. The number of amides is 1. The Morgan fingerprint density at radius 2 is 1.97 bits per heavy atom. The predicted molar refractivity (Wildman–Crippen MR) is 130 cm³/mol. The molecule has 0 saturated carbocycles. The van der Waals surface area contributed by atoms with Gasteiger partial charge in [-0.15, -0.1) is 0 Å². The van der Waals surface area contributed by atoms with Crippen molar-refractivity contribution in [3.8, 4) is 11.5 Å². The van der Waals surface area contributed by atoms with Gasteiger partial charge < -0.3 is 29.3 Å². The Bertz CT molecular complexity index is 1250. The van der Waals surface area contributed by atoms with E-state index in [0.717, 1.165) is 41.5 Å². The zero-order chi connectivity index (χ0) is 23.1. The summed E-state index contributed by atoms with van der Waals surface area (Å²) in [5.41, 5.74) is 3.55. The Hall–Kier alpha value is -3.49. The average molecular weight is 479 g/mol. The van der Waals surface area contributed by atoms with Crippen molar-refractivity contribution in [3.05, 3.63) is 65.3 Å². The first-order chi connectivity index (χ1) is 16.7. The van der Waals surface area contributed by atoms with Gasteiger partial charge in [-0.25, -0.2) is 4.98 Å². The second kappa shape index (κ2) is 8.70. The summed E-state index contributed by atoms with van der Waals surface area (Å²) in [4.78, 5) is 22.4. The van der Waals surface area contributed by atoms with Gasteiger partial charge in [-0.2, -0.15) is 0 Å². The second-order valence-corrected chi connectivity index (χ2v) is 8.81. The summed E-state index contributed by atoms with van der Waals surface area (Å²) in [5, 5.41) is 3.96. The van der Waals surface area contributed by atoms with Crippen molar-refractivity contribution >= 4 is 40.4 Å². The monoisotopic (exact) mass is 478 g/mol. The molecular weight excluding hydrogens is 456 g/mol. The number of ether oxygens (including phenoxy) is 3. The van der Waals surface area contributed by atoms with Gasteiger partial charge in [0.2, 0.25) is 6.10 Å². The number of aromatic nitrogens is 1. The Morgan fingerprint density at radius 1 is 1.09 bits per heavy atom. The van der Waals surface area contributed by atoms with Crippen LogP contribution in [0.5, 0.6) is 11.5 Å². The number of anilines is 4. The van der Waals surface area contributed by atoms with Crippen LogP contribution in [0.15, 0.2) is 54.7 Å². The number of rotatable bonds is 2. The summed E-state index contributed by atoms with van der Waals surface area (Å²) < 4.78 is 17.4. The van der Waals surface area contributed by atoms with Gasteiger partial charge in [-0.3, -0.25) is 4.79 Å². The molecule has 8 nitrogen and oxygen atoms in total. The van der Waals surface area contributed by atoms with Crippen molar-refractivity contribution in [2.45, 2.75) is 12.6 Å². The molecule has 1 aromatic heterocycles. The highest BCUT2D eigenvalue weighted by atomic mass is 35.5. The van der Waals surface area contributed by atoms with E-state index >= 15 is 0 Å². The van der Waals surface area contributed by atoms with Crippen LogP contribution in [-0.4, -0.2) is 49.9 Å². The number of carbonyl (C=O) groups is 1. The van der Waals surface area contributed by atoms with E-state index in [9.17, 15) is 4.79 Å². The van der Waals surface area contributed by atoms with E-state index in [1.165, 1.54) is 0 Å². The van der Waals surface area contributed by atoms with Crippen LogP contribution in [0.3, 0.4) is 0 Å². The van der Waals surface area contributed by atoms with Gasteiger partial charge in [-0.1, -0.05) is 17.7 Å². The number of halogens is 1. The van der Waals surface area contributed by atoms with E-state index in [-0.39, 0.29) is 12.5 Å². The molecule has 4 heterocycles. The molecule has 3 aliphatic heterocycles. The van der Waals surface area contributed by atoms with Gasteiger partial charge in [0, 0.05) is 41.6 Å². The number of pyridine rings is 1. The average Bonchev–Trinajstić information content (AvgIpc) is 3.05. The number of carbonyl (C=O) groups excluding carboxylic acids is 1. The Labute approximate surface area is 202 Å². The van der Waals surface area contributed by atoms with Crippen molar-refractivity contribution in [3.63, 3.8) is 0 Å². The summed E-state index contributed by atoms with van der Waals surface area (Å²) >= 11 is 6.06. The molecule has 1 atom stereocenters. The smallest absolute Gasteiger partial charge is 0.272 e. The van der Waals surface area contributed by atoms with E-state index in [4.69, 9.17) is 25.8 Å². The molecular formula is C25H23ClN4O4. The van der Waals surface area contributed by atoms with Gasteiger partial charge >= 0.3 is 0 Å². The topological polar surface area (TPSA) is 76.2 Å². The van der Waals surface area contributed by atoms with E-state index in [1.54, 1.807) is 29.3 Å². The fourth-order valence-corrected chi connectivity index (χ4v) is 4.63. The summed E-state index contributed by atoms with van der Waals surface area (Å²) in [6.45, 7) is 3.45. The van der Waals surface area contributed by atoms with Crippen molar-refractivity contribution in [2.75, 3.05) is 48.0 Å². The highest BCUT2D eigenvalue weighted by Gasteiger charge is 2.35. The third-order valence-corrected chi connectivity index (χ3v) is 6.46. The Balaban J connectivity index is 1.37. The first-order valence-electron chi connectivity index (χ1n) is 11.2. The van der Waals surface area contributed by atoms with Gasteiger partial charge in [-0.05, 0) is 36.4 Å². The van der Waals surface area contributed by atoms with Crippen LogP contribution < -0.4 is 24.6 Å². The molecule has 0 spiro atoms. The van der Waals surface area contributed by atoms with Crippen LogP contribution >= 0.6 is 11.6 Å². The van der Waals surface area contributed by atoms with Crippen molar-refractivity contribution in [2.24, 2.45) is 0 Å². The van der Waals surface area contributed by atoms with Crippen LogP contribution in [-0.2, 0) is 16.1 Å². The van der Waals surface area contributed by atoms with Crippen molar-refractivity contribution < 1.29 is 19.0 Å². The summed E-state index contributed by atoms with van der Waals surface area (Å²) in [6.07, 6.45) is 0.956. The number of nitrogens with zero attached hydrogens (tertiary/aromatic N) is 3. The number of nitrogens with one attached hydrogen (secondary N) is 1. The number of hydrogen-bond acceptors (Lipinski definition) is 7. The van der Waals surface area contributed by atoms with Crippen molar-refractivity contribution in [1.29, 1.82) is 0 Å². The maximum Gasteiger partial charge on any atom is 0.272 e. The van der Waals surface area contributed by atoms with Gasteiger partial charge in [0.05, 0.1) is 31.1 Å². The lowest BCUT2D eigenvalue weighted by Gasteiger charge is -2.32. The molecule has 3 aliphatic rings. The fraction of sp³-hybridized carbons (Fsp3) is 0.280. The van der Waals surface area contributed by atoms with Gasteiger partial charge in [0.25, 0.3) is 5.91 Å². The van der Waals surface area contributed by atoms with E-state index in [1.807, 2.05) is 18.2 Å². The number of fused-ring (bicyclic) bond motifs is 3. The van der Waals surface area contributed by atoms with Crippen LogP contribution in [0, 0.1) is 0 Å². The second-order valence-electron chi connectivity index (χ2n) is 8.37. The quantitative estimate of drug-likeness (QED) is 0.596. The van der Waals surface area contributed by atoms with Gasteiger partial charge in [0.15, 0.2) is 11.5 Å². The van der Waals surface area contributed by atoms with E-state index in [0.29, 0.717) is 36.3 Å². The molecule has 0 bridgehead atoms. The normalized spacial score (nSPS) is 18.9. The predicted octanol–water partition coefficient (Wildman–Crippen LogP) is 4.00. The molecule has 0 aliphatic carbocycles. The molecule has 0 radical (unpaired) electrons. The van der Waals surface area contributed by atoms with E-state index < -0.39 is 6.10 Å². The Morgan fingerprint density at radius 3 is 2.85 bits per heavy atom. The zero-order valence-electron chi connectivity index (χ0n) is 18.4. The first-order valence-corrected chi connectivity index (χ1v) is 11.6. The van der Waals surface area contributed by atoms with E-state index in [2.05, 4.69) is 27.3 Å². The largest absolute Gasteiger partial charge is 0.485 e. The maximum absolute atomic E-state index is 13.9. The van der Waals surface area contributed by atoms with Crippen LogP contribution in [0.1, 0.15) is 5.56 Å². The molecule has 9 heteroatoms. The van der Waals surface area contributed by atoms with Gasteiger partial charge in [0.1, 0.15) is 12.4 Å². The molecule has 1 saturated heterocycles. The third kappa shape index (κ3) is 3.89. The molecule has 1 amide bonds. The minimum Gasteiger partial charge on any atom is -0.485 e. The Kier molecular flexibility index (Phi) is 5.39. The fourth-order valence-electron chi connectivity index (χ4n) is 4.47. The van der Waals surface area contributed by atoms with Crippen LogP contribution in [0.2, 0.25) is 5.02 Å². The standard InChI is InChI=1S/C25H23ClN4O4/c26-17-3-6-21-22(12-17)33-15-23(34-21)25(31)30-14-16-2-1-7-27-24(16)28-19-5-4-18(13-20(19)30)29-8-10-32-11-9-29/h1-7,12-13,23H,8-11,14-15H2,(H,27,28)/t23-/m1/s1. The molecule has 1 fully saturated rings. The van der Waals surface area contributed by atoms with Crippen LogP contribution in [0.25, 0.3) is 0 Å². The lowest BCUT2D eigenvalue weighted by atomic mass is 10.1. The lowest BCUT2D eigenvalue weighted by Crippen LogP contribution is -2.46. The lowest BCUT2D eigenvalue weighted by molar-refractivity contribution is -0.127. The summed E-state index contributed by atoms with van der Waals surface area (Å²) in [5.74, 6) is 1.60. The number of morpholine rings is 1. The molecule has 2 aromatic carbocycles. The number of hydrogen-bond donors (Lipinski definition) is 1. The first kappa shape index (κ1) is 21.1. The van der Waals surface area contributed by atoms with Crippen LogP contribution in [0.4, 0.5) is 22.9 Å². The molecule has 3 aromatic rings. The minimum absolute atomic E-state index is 0.106. The maximum atomic E-state index is 13.9. The molecule has 1 N–H and O–H groups in total. The SMILES string of the molecule is O=C([C@H]1COc2cc(Cl)ccc2O1)N1Cc2cccnc2Nc2ccc(N3CCOCC3)cc21.